The van der Waals surface area contributed by atoms with Gasteiger partial charge in [-0.3, -0.25) is 4.79 Å². The molecule has 0 bridgehead atoms. The molecule has 5 heteroatoms. The van der Waals surface area contributed by atoms with Gasteiger partial charge >= 0.3 is 0 Å². The van der Waals surface area contributed by atoms with Crippen molar-refractivity contribution in [1.29, 1.82) is 0 Å². The molecule has 1 aromatic carbocycles. The van der Waals surface area contributed by atoms with E-state index in [1.165, 1.54) is 5.56 Å². The smallest absolute Gasteiger partial charge is 0.226 e. The van der Waals surface area contributed by atoms with Crippen molar-refractivity contribution < 1.29 is 4.79 Å². The standard InChI is InChI=1S/C18H23N3OS/c1-12-4-3-5-14(8-12)18-21-16(11-23-18)10-17(22)20-15-6-7-19-13(2)9-15/h3-5,8,11,13,15,19H,6-7,9-10H2,1-2H3,(H,20,22). The van der Waals surface area contributed by atoms with E-state index in [9.17, 15) is 4.79 Å². The monoisotopic (exact) mass is 329 g/mol. The lowest BCUT2D eigenvalue weighted by atomic mass is 10.0. The number of aromatic nitrogens is 1. The average molecular weight is 329 g/mol. The normalized spacial score (nSPS) is 21.1. The van der Waals surface area contributed by atoms with Crippen molar-refractivity contribution in [3.05, 3.63) is 40.9 Å². The van der Waals surface area contributed by atoms with Crippen LogP contribution >= 0.6 is 11.3 Å². The number of hydrogen-bond donors (Lipinski definition) is 2. The van der Waals surface area contributed by atoms with E-state index in [2.05, 4.69) is 47.7 Å². The second-order valence-electron chi connectivity index (χ2n) is 6.33. The Hall–Kier alpha value is -1.72. The molecular weight excluding hydrogens is 306 g/mol. The number of thiazole rings is 1. The summed E-state index contributed by atoms with van der Waals surface area (Å²) in [5.74, 6) is 0.0743. The molecule has 1 amide bonds. The number of carbonyl (C=O) groups excluding carboxylic acids is 1. The van der Waals surface area contributed by atoms with Crippen LogP contribution < -0.4 is 10.6 Å². The summed E-state index contributed by atoms with van der Waals surface area (Å²) in [7, 11) is 0. The second-order valence-corrected chi connectivity index (χ2v) is 7.19. The van der Waals surface area contributed by atoms with Crippen LogP contribution in [-0.2, 0) is 11.2 Å². The average Bonchev–Trinajstić information content (AvgIpc) is 2.95. The van der Waals surface area contributed by atoms with Gasteiger partial charge in [-0.1, -0.05) is 23.8 Å². The van der Waals surface area contributed by atoms with Gasteiger partial charge < -0.3 is 10.6 Å². The molecule has 1 aliphatic heterocycles. The maximum Gasteiger partial charge on any atom is 0.226 e. The molecule has 2 N–H and O–H groups in total. The van der Waals surface area contributed by atoms with E-state index in [-0.39, 0.29) is 11.9 Å². The van der Waals surface area contributed by atoms with Crippen molar-refractivity contribution in [2.24, 2.45) is 0 Å². The summed E-state index contributed by atoms with van der Waals surface area (Å²) in [5.41, 5.74) is 3.19. The molecule has 2 unspecified atom stereocenters. The molecule has 0 saturated carbocycles. The number of carbonyl (C=O) groups is 1. The molecule has 0 aliphatic carbocycles. The number of nitrogens with zero attached hydrogens (tertiary/aromatic N) is 1. The first kappa shape index (κ1) is 16.1. The molecule has 122 valence electrons. The number of hydrogen-bond acceptors (Lipinski definition) is 4. The highest BCUT2D eigenvalue weighted by atomic mass is 32.1. The third-order valence-electron chi connectivity index (χ3n) is 4.15. The number of benzene rings is 1. The topological polar surface area (TPSA) is 54.0 Å². The predicted molar refractivity (Wildman–Crippen MR) is 94.6 cm³/mol. The molecule has 4 nitrogen and oxygen atoms in total. The summed E-state index contributed by atoms with van der Waals surface area (Å²) in [4.78, 5) is 16.8. The molecule has 3 rings (SSSR count). The minimum atomic E-state index is 0.0743. The molecule has 0 radical (unpaired) electrons. The Kier molecular flexibility index (Phi) is 5.08. The van der Waals surface area contributed by atoms with Crippen LogP contribution in [0.5, 0.6) is 0 Å². The maximum atomic E-state index is 12.2. The predicted octanol–water partition coefficient (Wildman–Crippen LogP) is 2.92. The summed E-state index contributed by atoms with van der Waals surface area (Å²) < 4.78 is 0. The molecular formula is C18H23N3OS. The van der Waals surface area contributed by atoms with Crippen LogP contribution in [0.25, 0.3) is 10.6 Å². The van der Waals surface area contributed by atoms with Crippen LogP contribution in [0, 0.1) is 6.92 Å². The van der Waals surface area contributed by atoms with Crippen LogP contribution in [0.2, 0.25) is 0 Å². The zero-order chi connectivity index (χ0) is 16.2. The third kappa shape index (κ3) is 4.39. The molecule has 1 aromatic heterocycles. The van der Waals surface area contributed by atoms with Gasteiger partial charge in [-0.25, -0.2) is 4.98 Å². The van der Waals surface area contributed by atoms with E-state index >= 15 is 0 Å². The van der Waals surface area contributed by atoms with Crippen LogP contribution in [0.3, 0.4) is 0 Å². The van der Waals surface area contributed by atoms with Crippen molar-refractivity contribution in [2.45, 2.75) is 45.2 Å². The molecule has 2 aromatic rings. The first-order chi connectivity index (χ1) is 11.1. The number of aryl methyl sites for hydroxylation is 1. The summed E-state index contributed by atoms with van der Waals surface area (Å²) >= 11 is 1.60. The Morgan fingerprint density at radius 2 is 2.35 bits per heavy atom. The lowest BCUT2D eigenvalue weighted by molar-refractivity contribution is -0.121. The van der Waals surface area contributed by atoms with Crippen molar-refractivity contribution in [2.75, 3.05) is 6.54 Å². The maximum absolute atomic E-state index is 12.2. The van der Waals surface area contributed by atoms with E-state index in [4.69, 9.17) is 0 Å². The SMILES string of the molecule is Cc1cccc(-c2nc(CC(=O)NC3CCNC(C)C3)cs2)c1. The van der Waals surface area contributed by atoms with E-state index in [1.807, 2.05) is 11.4 Å². The third-order valence-corrected chi connectivity index (χ3v) is 5.09. The van der Waals surface area contributed by atoms with Crippen LogP contribution in [0.15, 0.2) is 29.6 Å². The summed E-state index contributed by atoms with van der Waals surface area (Å²) in [5, 5.41) is 9.51. The van der Waals surface area contributed by atoms with Gasteiger partial charge in [0, 0.05) is 23.0 Å². The molecule has 0 spiro atoms. The Bertz CT molecular complexity index is 682. The molecule has 1 fully saturated rings. The van der Waals surface area contributed by atoms with Crippen molar-refractivity contribution in [3.8, 4) is 10.6 Å². The summed E-state index contributed by atoms with van der Waals surface area (Å²) in [6.07, 6.45) is 2.36. The Morgan fingerprint density at radius 1 is 1.48 bits per heavy atom. The molecule has 1 aliphatic rings. The number of rotatable bonds is 4. The molecule has 2 atom stereocenters. The van der Waals surface area contributed by atoms with Crippen molar-refractivity contribution in [1.82, 2.24) is 15.6 Å². The minimum absolute atomic E-state index is 0.0743. The largest absolute Gasteiger partial charge is 0.353 e. The van der Waals surface area contributed by atoms with E-state index in [0.29, 0.717) is 12.5 Å². The fourth-order valence-corrected chi connectivity index (χ4v) is 3.82. The minimum Gasteiger partial charge on any atom is -0.353 e. The number of amides is 1. The Balaban J connectivity index is 1.59. The highest BCUT2D eigenvalue weighted by molar-refractivity contribution is 7.13. The first-order valence-corrected chi connectivity index (χ1v) is 9.02. The Labute approximate surface area is 141 Å². The number of nitrogens with one attached hydrogen (secondary N) is 2. The number of piperidine rings is 1. The fourth-order valence-electron chi connectivity index (χ4n) is 3.01. The lowest BCUT2D eigenvalue weighted by Gasteiger charge is -2.28. The van der Waals surface area contributed by atoms with Gasteiger partial charge in [0.25, 0.3) is 0 Å². The van der Waals surface area contributed by atoms with Crippen LogP contribution in [-0.4, -0.2) is 29.5 Å². The second kappa shape index (κ2) is 7.23. The van der Waals surface area contributed by atoms with Crippen LogP contribution in [0.4, 0.5) is 0 Å². The van der Waals surface area contributed by atoms with Gasteiger partial charge in [-0.05, 0) is 39.3 Å². The van der Waals surface area contributed by atoms with E-state index in [1.54, 1.807) is 11.3 Å². The molecule has 2 heterocycles. The summed E-state index contributed by atoms with van der Waals surface area (Å²) in [6.45, 7) is 5.21. The van der Waals surface area contributed by atoms with Crippen LogP contribution in [0.1, 0.15) is 31.0 Å². The highest BCUT2D eigenvalue weighted by Gasteiger charge is 2.20. The van der Waals surface area contributed by atoms with E-state index in [0.717, 1.165) is 35.7 Å². The fraction of sp³-hybridized carbons (Fsp3) is 0.444. The van der Waals surface area contributed by atoms with Gasteiger partial charge in [0.15, 0.2) is 0 Å². The quantitative estimate of drug-likeness (QED) is 0.907. The zero-order valence-corrected chi connectivity index (χ0v) is 14.5. The zero-order valence-electron chi connectivity index (χ0n) is 13.6. The van der Waals surface area contributed by atoms with Gasteiger partial charge in [0.05, 0.1) is 12.1 Å². The molecule has 23 heavy (non-hydrogen) atoms. The first-order valence-electron chi connectivity index (χ1n) is 8.14. The summed E-state index contributed by atoms with van der Waals surface area (Å²) in [6, 6.07) is 9.06. The van der Waals surface area contributed by atoms with Crippen molar-refractivity contribution in [3.63, 3.8) is 0 Å². The van der Waals surface area contributed by atoms with Gasteiger partial charge in [0.1, 0.15) is 5.01 Å². The molecule has 1 saturated heterocycles. The van der Waals surface area contributed by atoms with Gasteiger partial charge in [0.2, 0.25) is 5.91 Å². The van der Waals surface area contributed by atoms with Gasteiger partial charge in [-0.2, -0.15) is 0 Å². The lowest BCUT2D eigenvalue weighted by Crippen LogP contribution is -2.46. The highest BCUT2D eigenvalue weighted by Crippen LogP contribution is 2.24. The Morgan fingerprint density at radius 3 is 3.13 bits per heavy atom. The van der Waals surface area contributed by atoms with Gasteiger partial charge in [-0.15, -0.1) is 11.3 Å². The van der Waals surface area contributed by atoms with Crippen molar-refractivity contribution >= 4 is 17.2 Å². The van der Waals surface area contributed by atoms with E-state index < -0.39 is 0 Å².